The number of nitrogens with zero attached hydrogens (tertiary/aromatic N) is 3. The highest BCUT2D eigenvalue weighted by molar-refractivity contribution is 8.00. The fourth-order valence-electron chi connectivity index (χ4n) is 2.31. The third-order valence-corrected chi connectivity index (χ3v) is 4.94. The molecule has 1 N–H and O–H groups in total. The second-order valence-electron chi connectivity index (χ2n) is 5.78. The number of hydrogen-bond donors (Lipinski definition) is 1. The number of rotatable bonds is 8. The van der Waals surface area contributed by atoms with E-state index < -0.39 is 17.3 Å². The SMILES string of the molecule is CCCCn1c(S[C@@H](C)C(=O)NC(=O)OC)nnc1-c1ccc(OC)cc1. The van der Waals surface area contributed by atoms with Gasteiger partial charge in [-0.2, -0.15) is 0 Å². The van der Waals surface area contributed by atoms with Crippen molar-refractivity contribution in [1.82, 2.24) is 20.1 Å². The minimum atomic E-state index is -0.779. The average molecular weight is 392 g/mol. The van der Waals surface area contributed by atoms with Crippen molar-refractivity contribution in [2.45, 2.75) is 43.6 Å². The Labute approximate surface area is 162 Å². The molecule has 9 heteroatoms. The van der Waals surface area contributed by atoms with Crippen LogP contribution in [-0.2, 0) is 16.1 Å². The van der Waals surface area contributed by atoms with Crippen LogP contribution in [0.4, 0.5) is 4.79 Å². The summed E-state index contributed by atoms with van der Waals surface area (Å²) in [7, 11) is 2.83. The molecular formula is C18H24N4O4S. The summed E-state index contributed by atoms with van der Waals surface area (Å²) < 4.78 is 11.6. The van der Waals surface area contributed by atoms with E-state index in [9.17, 15) is 9.59 Å². The van der Waals surface area contributed by atoms with Gasteiger partial charge in [0.15, 0.2) is 11.0 Å². The number of benzene rings is 1. The molecule has 0 unspecified atom stereocenters. The van der Waals surface area contributed by atoms with Gasteiger partial charge < -0.3 is 14.0 Å². The van der Waals surface area contributed by atoms with Gasteiger partial charge in [0.05, 0.1) is 19.5 Å². The lowest BCUT2D eigenvalue weighted by atomic mass is 10.2. The van der Waals surface area contributed by atoms with E-state index >= 15 is 0 Å². The van der Waals surface area contributed by atoms with Crippen LogP contribution in [0.15, 0.2) is 29.4 Å². The molecule has 0 spiro atoms. The summed E-state index contributed by atoms with van der Waals surface area (Å²) in [6, 6.07) is 7.58. The number of alkyl carbamates (subject to hydrolysis) is 1. The van der Waals surface area contributed by atoms with Crippen LogP contribution in [0.3, 0.4) is 0 Å². The molecule has 2 aromatic rings. The van der Waals surface area contributed by atoms with Gasteiger partial charge in [0.1, 0.15) is 5.75 Å². The average Bonchev–Trinajstić information content (AvgIpc) is 3.08. The quantitative estimate of drug-likeness (QED) is 0.690. The zero-order valence-corrected chi connectivity index (χ0v) is 16.7. The van der Waals surface area contributed by atoms with Gasteiger partial charge >= 0.3 is 6.09 Å². The molecule has 1 atom stereocenters. The zero-order valence-electron chi connectivity index (χ0n) is 15.9. The molecule has 27 heavy (non-hydrogen) atoms. The number of methoxy groups -OCH3 is 2. The van der Waals surface area contributed by atoms with E-state index in [1.165, 1.54) is 18.9 Å². The number of imide groups is 1. The maximum absolute atomic E-state index is 12.1. The number of thioether (sulfide) groups is 1. The molecular weight excluding hydrogens is 368 g/mol. The lowest BCUT2D eigenvalue weighted by molar-refractivity contribution is -0.119. The van der Waals surface area contributed by atoms with Crippen molar-refractivity contribution in [3.05, 3.63) is 24.3 Å². The van der Waals surface area contributed by atoms with E-state index in [-0.39, 0.29) is 0 Å². The van der Waals surface area contributed by atoms with Gasteiger partial charge in [0.2, 0.25) is 5.91 Å². The molecule has 1 aromatic carbocycles. The van der Waals surface area contributed by atoms with E-state index in [0.29, 0.717) is 5.16 Å². The molecule has 1 heterocycles. The number of carbonyl (C=O) groups excluding carboxylic acids is 2. The molecule has 2 amide bonds. The molecule has 0 bridgehead atoms. The lowest BCUT2D eigenvalue weighted by Gasteiger charge is -2.13. The number of unbranched alkanes of at least 4 members (excludes halogenated alkanes) is 1. The van der Waals surface area contributed by atoms with Crippen LogP contribution in [0.2, 0.25) is 0 Å². The summed E-state index contributed by atoms with van der Waals surface area (Å²) in [5, 5.41) is 10.8. The Morgan fingerprint density at radius 1 is 1.22 bits per heavy atom. The highest BCUT2D eigenvalue weighted by Gasteiger charge is 2.22. The van der Waals surface area contributed by atoms with Gasteiger partial charge in [-0.3, -0.25) is 10.1 Å². The van der Waals surface area contributed by atoms with Crippen molar-refractivity contribution in [3.63, 3.8) is 0 Å². The van der Waals surface area contributed by atoms with Crippen LogP contribution < -0.4 is 10.1 Å². The smallest absolute Gasteiger partial charge is 0.413 e. The second kappa shape index (κ2) is 9.96. The van der Waals surface area contributed by atoms with Crippen LogP contribution in [0.5, 0.6) is 5.75 Å². The Kier molecular flexibility index (Phi) is 7.66. The molecule has 0 aliphatic carbocycles. The lowest BCUT2D eigenvalue weighted by Crippen LogP contribution is -2.36. The highest BCUT2D eigenvalue weighted by Crippen LogP contribution is 2.28. The molecule has 0 aliphatic rings. The summed E-state index contributed by atoms with van der Waals surface area (Å²) in [4.78, 5) is 23.3. The van der Waals surface area contributed by atoms with E-state index in [1.54, 1.807) is 14.0 Å². The number of aromatic nitrogens is 3. The van der Waals surface area contributed by atoms with E-state index in [1.807, 2.05) is 28.8 Å². The molecule has 0 saturated carbocycles. The van der Waals surface area contributed by atoms with E-state index in [4.69, 9.17) is 4.74 Å². The first kappa shape index (κ1) is 20.8. The molecule has 8 nitrogen and oxygen atoms in total. The minimum absolute atomic E-state index is 0.442. The molecule has 0 radical (unpaired) electrons. The number of ether oxygens (including phenoxy) is 2. The van der Waals surface area contributed by atoms with E-state index in [2.05, 4.69) is 27.2 Å². The molecule has 0 aliphatic heterocycles. The van der Waals surface area contributed by atoms with Crippen molar-refractivity contribution in [3.8, 4) is 17.1 Å². The van der Waals surface area contributed by atoms with Gasteiger partial charge in [0, 0.05) is 12.1 Å². The number of carbonyl (C=O) groups is 2. The summed E-state index contributed by atoms with van der Waals surface area (Å²) in [6.07, 6.45) is 1.19. The monoisotopic (exact) mass is 392 g/mol. The van der Waals surface area contributed by atoms with Crippen molar-refractivity contribution >= 4 is 23.8 Å². The van der Waals surface area contributed by atoms with Gasteiger partial charge in [-0.15, -0.1) is 10.2 Å². The number of nitrogens with one attached hydrogen (secondary N) is 1. The van der Waals surface area contributed by atoms with Crippen molar-refractivity contribution in [2.75, 3.05) is 14.2 Å². The fourth-order valence-corrected chi connectivity index (χ4v) is 3.19. The first-order valence-electron chi connectivity index (χ1n) is 8.63. The topological polar surface area (TPSA) is 95.3 Å². The summed E-state index contributed by atoms with van der Waals surface area (Å²) >= 11 is 1.25. The number of hydrogen-bond acceptors (Lipinski definition) is 7. The first-order valence-corrected chi connectivity index (χ1v) is 9.51. The van der Waals surface area contributed by atoms with Crippen LogP contribution in [0.1, 0.15) is 26.7 Å². The second-order valence-corrected chi connectivity index (χ2v) is 7.09. The highest BCUT2D eigenvalue weighted by atomic mass is 32.2. The van der Waals surface area contributed by atoms with Crippen LogP contribution in [0, 0.1) is 0 Å². The largest absolute Gasteiger partial charge is 0.497 e. The molecule has 0 saturated heterocycles. The Hall–Kier alpha value is -2.55. The normalized spacial score (nSPS) is 11.7. The minimum Gasteiger partial charge on any atom is -0.497 e. The Morgan fingerprint density at radius 2 is 1.93 bits per heavy atom. The Bertz CT molecular complexity index is 776. The van der Waals surface area contributed by atoms with Gasteiger partial charge in [-0.1, -0.05) is 25.1 Å². The fraction of sp³-hybridized carbons (Fsp3) is 0.444. The van der Waals surface area contributed by atoms with Crippen LogP contribution in [0.25, 0.3) is 11.4 Å². The third kappa shape index (κ3) is 5.46. The molecule has 0 fully saturated rings. The van der Waals surface area contributed by atoms with Crippen molar-refractivity contribution < 1.29 is 19.1 Å². The molecule has 2 rings (SSSR count). The molecule has 146 valence electrons. The predicted molar refractivity (Wildman–Crippen MR) is 103 cm³/mol. The van der Waals surface area contributed by atoms with Gasteiger partial charge in [-0.05, 0) is 37.6 Å². The zero-order chi connectivity index (χ0) is 19.8. The third-order valence-electron chi connectivity index (χ3n) is 3.86. The predicted octanol–water partition coefficient (Wildman–Crippen LogP) is 3.12. The maximum atomic E-state index is 12.1. The summed E-state index contributed by atoms with van der Waals surface area (Å²) in [5.41, 5.74) is 0.915. The van der Waals surface area contributed by atoms with Crippen molar-refractivity contribution in [1.29, 1.82) is 0 Å². The number of amides is 2. The maximum Gasteiger partial charge on any atom is 0.413 e. The van der Waals surface area contributed by atoms with E-state index in [0.717, 1.165) is 36.5 Å². The van der Waals surface area contributed by atoms with Crippen LogP contribution in [-0.4, -0.2) is 46.2 Å². The van der Waals surface area contributed by atoms with Gasteiger partial charge in [0.25, 0.3) is 0 Å². The summed E-state index contributed by atoms with van der Waals surface area (Å²) in [6.45, 7) is 4.55. The Morgan fingerprint density at radius 3 is 2.52 bits per heavy atom. The first-order chi connectivity index (χ1) is 13.0. The van der Waals surface area contributed by atoms with Gasteiger partial charge in [-0.25, -0.2) is 4.79 Å². The Balaban J connectivity index is 2.24. The van der Waals surface area contributed by atoms with Crippen molar-refractivity contribution in [2.24, 2.45) is 0 Å². The summed E-state index contributed by atoms with van der Waals surface area (Å²) in [5.74, 6) is 1.05. The standard InChI is InChI=1S/C18H24N4O4S/c1-5-6-11-22-15(13-7-9-14(25-3)10-8-13)20-21-17(22)27-12(2)16(23)19-18(24)26-4/h7-10,12H,5-6,11H2,1-4H3,(H,19,23,24)/t12-/m0/s1. The van der Waals surface area contributed by atoms with Crippen LogP contribution >= 0.6 is 11.8 Å². The molecule has 1 aromatic heterocycles.